The van der Waals surface area contributed by atoms with Crippen LogP contribution in [0.2, 0.25) is 0 Å². The Hall–Kier alpha value is -2.09. The lowest BCUT2D eigenvalue weighted by molar-refractivity contribution is 0.0691. The van der Waals surface area contributed by atoms with E-state index < -0.39 is 5.97 Å². The van der Waals surface area contributed by atoms with Gasteiger partial charge in [-0.05, 0) is 13.1 Å². The fourth-order valence-corrected chi connectivity index (χ4v) is 1.82. The second-order valence-corrected chi connectivity index (χ2v) is 4.51. The Morgan fingerprint density at radius 1 is 1.29 bits per heavy atom. The van der Waals surface area contributed by atoms with Crippen LogP contribution in [0.4, 0.5) is 4.79 Å². The lowest BCUT2D eigenvalue weighted by Crippen LogP contribution is -2.41. The number of carboxylic acid groups (broad SMARTS) is 1. The molecule has 0 aliphatic rings. The van der Waals surface area contributed by atoms with E-state index in [1.807, 2.05) is 0 Å². The van der Waals surface area contributed by atoms with Crippen molar-refractivity contribution in [1.29, 1.82) is 0 Å². The first-order chi connectivity index (χ1) is 10.1. The average Bonchev–Trinajstić information content (AvgIpc) is 2.93. The van der Waals surface area contributed by atoms with E-state index in [0.717, 1.165) is 19.6 Å². The Kier molecular flexibility index (Phi) is 7.24. The molecule has 0 radical (unpaired) electrons. The van der Waals surface area contributed by atoms with Crippen molar-refractivity contribution in [2.45, 2.75) is 20.4 Å². The number of likely N-dealkylation sites (N-methyl/N-ethyl adjacent to an activating group) is 1. The third-order valence-corrected chi connectivity index (χ3v) is 3.12. The van der Waals surface area contributed by atoms with E-state index in [1.165, 1.54) is 12.5 Å². The van der Waals surface area contributed by atoms with Gasteiger partial charge in [-0.2, -0.15) is 0 Å². The van der Waals surface area contributed by atoms with Gasteiger partial charge in [0.25, 0.3) is 0 Å². The number of aromatic carboxylic acids is 1. The van der Waals surface area contributed by atoms with Crippen LogP contribution in [-0.4, -0.2) is 64.3 Å². The quantitative estimate of drug-likeness (QED) is 0.605. The first kappa shape index (κ1) is 17.0. The summed E-state index contributed by atoms with van der Waals surface area (Å²) in [6, 6.07) is -0.222. The minimum Gasteiger partial charge on any atom is -0.476 e. The summed E-state index contributed by atoms with van der Waals surface area (Å²) >= 11 is 0. The molecular weight excluding hydrogens is 274 g/mol. The Labute approximate surface area is 124 Å². The van der Waals surface area contributed by atoms with Crippen molar-refractivity contribution in [3.05, 3.63) is 18.2 Å². The summed E-state index contributed by atoms with van der Waals surface area (Å²) in [7, 11) is 0. The Bertz CT molecular complexity index is 456. The van der Waals surface area contributed by atoms with E-state index in [9.17, 15) is 9.59 Å². The smallest absolute Gasteiger partial charge is 0.356 e. The van der Waals surface area contributed by atoms with Crippen LogP contribution >= 0.6 is 0 Å². The number of imidazole rings is 1. The van der Waals surface area contributed by atoms with E-state index in [2.05, 4.69) is 34.4 Å². The molecule has 8 nitrogen and oxygen atoms in total. The number of carboxylic acids is 1. The number of carbonyl (C=O) groups excluding carboxylic acids is 1. The molecule has 2 amide bonds. The van der Waals surface area contributed by atoms with Gasteiger partial charge in [0.05, 0.1) is 6.33 Å². The monoisotopic (exact) mass is 297 g/mol. The van der Waals surface area contributed by atoms with Crippen molar-refractivity contribution in [2.24, 2.45) is 0 Å². The third-order valence-electron chi connectivity index (χ3n) is 3.12. The molecule has 0 atom stereocenters. The zero-order valence-corrected chi connectivity index (χ0v) is 12.5. The molecule has 0 saturated heterocycles. The predicted molar refractivity (Wildman–Crippen MR) is 78.4 cm³/mol. The van der Waals surface area contributed by atoms with Crippen LogP contribution in [0, 0.1) is 0 Å². The molecule has 1 rings (SSSR count). The molecule has 3 N–H and O–H groups in total. The molecule has 0 aromatic carbocycles. The van der Waals surface area contributed by atoms with Crippen molar-refractivity contribution in [2.75, 3.05) is 32.7 Å². The minimum absolute atomic E-state index is 0.00123. The Balaban J connectivity index is 2.16. The first-order valence-electron chi connectivity index (χ1n) is 7.05. The summed E-state index contributed by atoms with van der Waals surface area (Å²) in [5.41, 5.74) is -0.00123. The molecule has 0 bridgehead atoms. The predicted octanol–water partition coefficient (Wildman–Crippen LogP) is 0.222. The van der Waals surface area contributed by atoms with Crippen molar-refractivity contribution in [3.63, 3.8) is 0 Å². The van der Waals surface area contributed by atoms with Crippen LogP contribution in [0.3, 0.4) is 0 Å². The molecule has 8 heteroatoms. The third kappa shape index (κ3) is 6.26. The summed E-state index contributed by atoms with van der Waals surface area (Å²) in [5, 5.41) is 14.2. The zero-order valence-electron chi connectivity index (χ0n) is 12.5. The number of urea groups is 1. The second kappa shape index (κ2) is 8.96. The summed E-state index contributed by atoms with van der Waals surface area (Å²) < 4.78 is 1.62. The summed E-state index contributed by atoms with van der Waals surface area (Å²) in [4.78, 5) is 28.2. The summed E-state index contributed by atoms with van der Waals surface area (Å²) in [6.45, 7) is 8.40. The highest BCUT2D eigenvalue weighted by atomic mass is 16.4. The number of nitrogens with one attached hydrogen (secondary N) is 2. The van der Waals surface area contributed by atoms with Crippen LogP contribution in [-0.2, 0) is 6.54 Å². The summed E-state index contributed by atoms with van der Waals surface area (Å²) in [6.07, 6.45) is 2.87. The molecule has 1 aromatic heterocycles. The van der Waals surface area contributed by atoms with Crippen molar-refractivity contribution in [1.82, 2.24) is 25.1 Å². The van der Waals surface area contributed by atoms with Gasteiger partial charge in [0.2, 0.25) is 0 Å². The number of aromatic nitrogens is 2. The number of carbonyl (C=O) groups is 2. The van der Waals surface area contributed by atoms with E-state index in [0.29, 0.717) is 19.6 Å². The Morgan fingerprint density at radius 3 is 2.52 bits per heavy atom. The molecule has 1 heterocycles. The van der Waals surface area contributed by atoms with Gasteiger partial charge < -0.3 is 25.2 Å². The minimum atomic E-state index is -1.06. The number of hydrogen-bond donors (Lipinski definition) is 3. The number of nitrogens with zero attached hydrogens (tertiary/aromatic N) is 3. The van der Waals surface area contributed by atoms with E-state index in [-0.39, 0.29) is 11.7 Å². The largest absolute Gasteiger partial charge is 0.476 e. The van der Waals surface area contributed by atoms with Gasteiger partial charge in [-0.15, -0.1) is 0 Å². The van der Waals surface area contributed by atoms with E-state index >= 15 is 0 Å². The maximum absolute atomic E-state index is 11.5. The molecule has 0 fully saturated rings. The van der Waals surface area contributed by atoms with Gasteiger partial charge >= 0.3 is 12.0 Å². The molecular formula is C13H23N5O3. The molecule has 1 aromatic rings. The van der Waals surface area contributed by atoms with Gasteiger partial charge in [0.1, 0.15) is 0 Å². The average molecular weight is 297 g/mol. The fraction of sp³-hybridized carbons (Fsp3) is 0.615. The topological polar surface area (TPSA) is 99.5 Å². The van der Waals surface area contributed by atoms with Crippen LogP contribution in [0.1, 0.15) is 24.3 Å². The molecule has 0 unspecified atom stereocenters. The maximum Gasteiger partial charge on any atom is 0.356 e. The van der Waals surface area contributed by atoms with E-state index in [1.54, 1.807) is 4.57 Å². The SMILES string of the molecule is CCN(CC)CCNC(=O)NCCn1cnc(C(=O)O)c1. The first-order valence-corrected chi connectivity index (χ1v) is 7.05. The van der Waals surface area contributed by atoms with Crippen LogP contribution in [0.5, 0.6) is 0 Å². The highest BCUT2D eigenvalue weighted by Gasteiger charge is 2.06. The van der Waals surface area contributed by atoms with E-state index in [4.69, 9.17) is 5.11 Å². The molecule has 0 spiro atoms. The van der Waals surface area contributed by atoms with Crippen molar-refractivity contribution in [3.8, 4) is 0 Å². The highest BCUT2D eigenvalue weighted by molar-refractivity contribution is 5.84. The van der Waals surface area contributed by atoms with Gasteiger partial charge in [-0.3, -0.25) is 0 Å². The van der Waals surface area contributed by atoms with Gasteiger partial charge in [-0.25, -0.2) is 14.6 Å². The van der Waals surface area contributed by atoms with Crippen molar-refractivity contribution < 1.29 is 14.7 Å². The molecule has 21 heavy (non-hydrogen) atoms. The molecule has 118 valence electrons. The number of amides is 2. The van der Waals surface area contributed by atoms with Crippen LogP contribution in [0.15, 0.2) is 12.5 Å². The van der Waals surface area contributed by atoms with Gasteiger partial charge in [0, 0.05) is 32.4 Å². The highest BCUT2D eigenvalue weighted by Crippen LogP contribution is 1.95. The zero-order chi connectivity index (χ0) is 15.7. The normalized spacial score (nSPS) is 10.6. The number of hydrogen-bond acceptors (Lipinski definition) is 4. The van der Waals surface area contributed by atoms with Gasteiger partial charge in [0.15, 0.2) is 5.69 Å². The molecule has 0 saturated carbocycles. The molecule has 0 aliphatic heterocycles. The lowest BCUT2D eigenvalue weighted by Gasteiger charge is -2.18. The second-order valence-electron chi connectivity index (χ2n) is 4.51. The molecule has 0 aliphatic carbocycles. The Morgan fingerprint density at radius 2 is 1.95 bits per heavy atom. The lowest BCUT2D eigenvalue weighted by atomic mass is 10.4. The van der Waals surface area contributed by atoms with Crippen LogP contribution < -0.4 is 10.6 Å². The fourth-order valence-electron chi connectivity index (χ4n) is 1.82. The maximum atomic E-state index is 11.5. The number of rotatable bonds is 9. The van der Waals surface area contributed by atoms with Gasteiger partial charge in [-0.1, -0.05) is 13.8 Å². The summed E-state index contributed by atoms with van der Waals surface area (Å²) in [5.74, 6) is -1.06. The standard InChI is InChI=1S/C13H23N5O3/c1-3-17(4-2)7-5-14-13(21)15-6-8-18-9-11(12(19)20)16-10-18/h9-10H,3-8H2,1-2H3,(H,19,20)(H2,14,15,21). The van der Waals surface area contributed by atoms with Crippen LogP contribution in [0.25, 0.3) is 0 Å². The van der Waals surface area contributed by atoms with Crippen molar-refractivity contribution >= 4 is 12.0 Å².